The zero-order chi connectivity index (χ0) is 9.56. The van der Waals surface area contributed by atoms with Crippen molar-refractivity contribution in [3.63, 3.8) is 0 Å². The summed E-state index contributed by atoms with van der Waals surface area (Å²) in [6.45, 7) is 5.83. The van der Waals surface area contributed by atoms with E-state index in [4.69, 9.17) is 14.0 Å². The van der Waals surface area contributed by atoms with Crippen LogP contribution in [0, 0.1) is 0 Å². The van der Waals surface area contributed by atoms with E-state index < -0.39 is 22.8 Å². The predicted molar refractivity (Wildman–Crippen MR) is 47.0 cm³/mol. The van der Waals surface area contributed by atoms with E-state index in [1.165, 1.54) is 6.92 Å². The number of hydrogen-bond acceptors (Lipinski definition) is 3. The van der Waals surface area contributed by atoms with E-state index in [2.05, 4.69) is 0 Å². The lowest BCUT2D eigenvalue weighted by Gasteiger charge is -2.16. The first-order valence-corrected chi connectivity index (χ1v) is 5.11. The molecule has 3 unspecified atom stereocenters. The van der Waals surface area contributed by atoms with Crippen molar-refractivity contribution < 1.29 is 18.2 Å². The molecule has 74 valence electrons. The lowest BCUT2D eigenvalue weighted by Crippen LogP contribution is -2.23. The van der Waals surface area contributed by atoms with Gasteiger partial charge in [0.05, 0.1) is 0 Å². The third-order valence-corrected chi connectivity index (χ3v) is 1.90. The van der Waals surface area contributed by atoms with E-state index in [9.17, 15) is 4.21 Å². The Bertz CT molecular complexity index is 139. The molecule has 5 heteroatoms. The van der Waals surface area contributed by atoms with Gasteiger partial charge in [-0.05, 0) is 20.3 Å². The van der Waals surface area contributed by atoms with Gasteiger partial charge in [0, 0.05) is 6.61 Å². The van der Waals surface area contributed by atoms with E-state index in [-0.39, 0.29) is 0 Å². The maximum atomic E-state index is 10.4. The minimum Gasteiger partial charge on any atom is -0.353 e. The van der Waals surface area contributed by atoms with Crippen LogP contribution >= 0.6 is 0 Å². The van der Waals surface area contributed by atoms with E-state index in [1.54, 1.807) is 6.92 Å². The maximum absolute atomic E-state index is 10.4. The number of rotatable bonds is 6. The molecule has 0 aromatic heterocycles. The highest BCUT2D eigenvalue weighted by Crippen LogP contribution is 2.02. The highest BCUT2D eigenvalue weighted by atomic mass is 32.2. The molecule has 0 amide bonds. The molecule has 0 aromatic rings. The molecule has 0 spiro atoms. The molecule has 0 aromatic carbocycles. The molecule has 12 heavy (non-hydrogen) atoms. The minimum absolute atomic E-state index is 0.420. The molecule has 0 bridgehead atoms. The second-order valence-corrected chi connectivity index (χ2v) is 3.63. The van der Waals surface area contributed by atoms with Gasteiger partial charge in [-0.1, -0.05) is 6.92 Å². The molecule has 0 radical (unpaired) electrons. The Morgan fingerprint density at radius 1 is 1.50 bits per heavy atom. The van der Waals surface area contributed by atoms with Gasteiger partial charge in [0.1, 0.15) is 0 Å². The van der Waals surface area contributed by atoms with E-state index in [0.29, 0.717) is 6.61 Å². The fourth-order valence-electron chi connectivity index (χ4n) is 0.640. The summed E-state index contributed by atoms with van der Waals surface area (Å²) in [5.74, 6) is 0. The summed E-state index contributed by atoms with van der Waals surface area (Å²) in [4.78, 5) is 0. The van der Waals surface area contributed by atoms with Crippen molar-refractivity contribution in [3.8, 4) is 0 Å². The van der Waals surface area contributed by atoms with Gasteiger partial charge < -0.3 is 14.0 Å². The number of hydrogen-bond donors (Lipinski definition) is 1. The van der Waals surface area contributed by atoms with Crippen LogP contribution < -0.4 is 0 Å². The Morgan fingerprint density at radius 2 is 2.08 bits per heavy atom. The first-order valence-electron chi connectivity index (χ1n) is 3.94. The Kier molecular flexibility index (Phi) is 6.55. The molecule has 0 aliphatic heterocycles. The summed E-state index contributed by atoms with van der Waals surface area (Å²) in [5, 5.41) is 0. The zero-order valence-corrected chi connectivity index (χ0v) is 8.47. The van der Waals surface area contributed by atoms with Crippen LogP contribution in [0.4, 0.5) is 0 Å². The maximum Gasteiger partial charge on any atom is 0.182 e. The van der Waals surface area contributed by atoms with Crippen molar-refractivity contribution in [1.82, 2.24) is 0 Å². The Labute approximate surface area is 75.5 Å². The van der Waals surface area contributed by atoms with Crippen LogP contribution in [0.1, 0.15) is 27.2 Å². The summed E-state index contributed by atoms with van der Waals surface area (Å²) in [5.41, 5.74) is -0.697. The monoisotopic (exact) mass is 196 g/mol. The quantitative estimate of drug-likeness (QED) is 0.514. The normalized spacial score (nSPS) is 18.7. The second-order valence-electron chi connectivity index (χ2n) is 2.42. The van der Waals surface area contributed by atoms with Crippen LogP contribution in [-0.4, -0.2) is 27.1 Å². The lowest BCUT2D eigenvalue weighted by atomic mass is 10.5. The molecular formula is C7H16O4S. The standard InChI is InChI=1S/C7H16O4S/c1-4-5-10-6(2)11-7(3)12(8)9/h6-7H,4-5H2,1-3H3,(H,8,9). The lowest BCUT2D eigenvalue weighted by molar-refractivity contribution is -0.137. The third kappa shape index (κ3) is 5.65. The van der Waals surface area contributed by atoms with Crippen LogP contribution in [0.25, 0.3) is 0 Å². The molecule has 0 aliphatic rings. The summed E-state index contributed by atoms with van der Waals surface area (Å²) in [6.07, 6.45) is 0.487. The van der Waals surface area contributed by atoms with Crippen molar-refractivity contribution >= 4 is 11.1 Å². The van der Waals surface area contributed by atoms with Gasteiger partial charge in [0.15, 0.2) is 22.8 Å². The smallest absolute Gasteiger partial charge is 0.182 e. The average molecular weight is 196 g/mol. The third-order valence-electron chi connectivity index (χ3n) is 1.22. The first-order chi connectivity index (χ1) is 5.57. The highest BCUT2D eigenvalue weighted by Gasteiger charge is 2.12. The summed E-state index contributed by atoms with van der Waals surface area (Å²) >= 11 is -1.94. The summed E-state index contributed by atoms with van der Waals surface area (Å²) in [7, 11) is 0. The predicted octanol–water partition coefficient (Wildman–Crippen LogP) is 1.34. The molecule has 0 heterocycles. The zero-order valence-electron chi connectivity index (χ0n) is 7.65. The Hall–Kier alpha value is 0.0300. The van der Waals surface area contributed by atoms with Crippen LogP contribution in [0.2, 0.25) is 0 Å². The van der Waals surface area contributed by atoms with Crippen molar-refractivity contribution in [2.45, 2.75) is 38.9 Å². The molecule has 0 saturated carbocycles. The molecule has 0 fully saturated rings. The molecule has 0 rings (SSSR count). The van der Waals surface area contributed by atoms with Crippen LogP contribution in [0.5, 0.6) is 0 Å². The van der Waals surface area contributed by atoms with Gasteiger partial charge in [-0.2, -0.15) is 0 Å². The van der Waals surface area contributed by atoms with Gasteiger partial charge in [-0.3, -0.25) is 0 Å². The Morgan fingerprint density at radius 3 is 2.50 bits per heavy atom. The topological polar surface area (TPSA) is 55.8 Å². The first kappa shape index (κ1) is 12.0. The fraction of sp³-hybridized carbons (Fsp3) is 1.00. The molecule has 0 aliphatic carbocycles. The second kappa shape index (κ2) is 6.54. The largest absolute Gasteiger partial charge is 0.353 e. The highest BCUT2D eigenvalue weighted by molar-refractivity contribution is 7.79. The van der Waals surface area contributed by atoms with Crippen LogP contribution in [-0.2, 0) is 20.6 Å². The molecule has 0 saturated heterocycles. The van der Waals surface area contributed by atoms with Gasteiger partial charge in [0.2, 0.25) is 0 Å². The Balaban J connectivity index is 3.53. The molecule has 1 N–H and O–H groups in total. The molecule has 4 nitrogen and oxygen atoms in total. The fourth-order valence-corrected chi connectivity index (χ4v) is 0.892. The summed E-state index contributed by atoms with van der Waals surface area (Å²) in [6, 6.07) is 0. The average Bonchev–Trinajstić information content (AvgIpc) is 2.00. The van der Waals surface area contributed by atoms with Gasteiger partial charge in [-0.25, -0.2) is 4.21 Å². The van der Waals surface area contributed by atoms with Gasteiger partial charge in [-0.15, -0.1) is 0 Å². The van der Waals surface area contributed by atoms with Crippen molar-refractivity contribution in [2.24, 2.45) is 0 Å². The SMILES string of the molecule is CCCOC(C)OC(C)S(=O)O. The van der Waals surface area contributed by atoms with E-state index in [0.717, 1.165) is 6.42 Å². The summed E-state index contributed by atoms with van der Waals surface area (Å²) < 4.78 is 29.2. The van der Waals surface area contributed by atoms with Crippen molar-refractivity contribution in [3.05, 3.63) is 0 Å². The van der Waals surface area contributed by atoms with Crippen molar-refractivity contribution in [2.75, 3.05) is 6.61 Å². The molecule has 3 atom stereocenters. The van der Waals surface area contributed by atoms with E-state index in [1.807, 2.05) is 6.92 Å². The van der Waals surface area contributed by atoms with Crippen molar-refractivity contribution in [1.29, 1.82) is 0 Å². The van der Waals surface area contributed by atoms with Crippen LogP contribution in [0.3, 0.4) is 0 Å². The van der Waals surface area contributed by atoms with Gasteiger partial charge in [0.25, 0.3) is 0 Å². The molecular weight excluding hydrogens is 180 g/mol. The van der Waals surface area contributed by atoms with E-state index >= 15 is 0 Å². The minimum atomic E-state index is -1.94. The number of ether oxygens (including phenoxy) is 2. The van der Waals surface area contributed by atoms with Gasteiger partial charge >= 0.3 is 0 Å². The van der Waals surface area contributed by atoms with Crippen LogP contribution in [0.15, 0.2) is 0 Å².